The highest BCUT2D eigenvalue weighted by Crippen LogP contribution is 2.44. The molecule has 7 nitrogen and oxygen atoms in total. The van der Waals surface area contributed by atoms with Gasteiger partial charge in [-0.05, 0) is 56.1 Å². The van der Waals surface area contributed by atoms with Gasteiger partial charge in [-0.25, -0.2) is 19.2 Å². The van der Waals surface area contributed by atoms with Crippen molar-refractivity contribution in [3.63, 3.8) is 0 Å². The number of ether oxygens (including phenoxy) is 1. The van der Waals surface area contributed by atoms with E-state index in [4.69, 9.17) is 16.3 Å². The Hall–Kier alpha value is -3.30. The van der Waals surface area contributed by atoms with E-state index >= 15 is 4.39 Å². The Morgan fingerprint density at radius 3 is 2.86 bits per heavy atom. The number of benzene rings is 1. The minimum atomic E-state index is -0.618. The van der Waals surface area contributed by atoms with E-state index in [-0.39, 0.29) is 22.8 Å². The summed E-state index contributed by atoms with van der Waals surface area (Å²) in [5, 5.41) is 5.91. The van der Waals surface area contributed by atoms with E-state index in [0.717, 1.165) is 18.4 Å². The first kappa shape index (κ1) is 23.4. The number of nitrogens with one attached hydrogen (secondary N) is 2. The third kappa shape index (κ3) is 4.53. The second-order valence-corrected chi connectivity index (χ2v) is 9.01. The van der Waals surface area contributed by atoms with Gasteiger partial charge in [0, 0.05) is 47.7 Å². The van der Waals surface area contributed by atoms with Crippen LogP contribution in [0.3, 0.4) is 0 Å². The lowest BCUT2D eigenvalue weighted by Gasteiger charge is -2.36. The Balaban J connectivity index is 1.33. The zero-order chi connectivity index (χ0) is 24.5. The van der Waals surface area contributed by atoms with Crippen LogP contribution in [0.4, 0.5) is 19.3 Å². The van der Waals surface area contributed by atoms with Gasteiger partial charge in [-0.3, -0.25) is 0 Å². The third-order valence-corrected chi connectivity index (χ3v) is 6.84. The van der Waals surface area contributed by atoms with Gasteiger partial charge in [0.25, 0.3) is 0 Å². The number of aromatic nitrogens is 2. The molecule has 3 aromatic rings. The smallest absolute Gasteiger partial charge is 0.322 e. The van der Waals surface area contributed by atoms with Gasteiger partial charge in [0.1, 0.15) is 12.4 Å². The maximum Gasteiger partial charge on any atom is 0.322 e. The lowest BCUT2D eigenvalue weighted by molar-refractivity contribution is 0.178. The quantitative estimate of drug-likeness (QED) is 0.370. The summed E-state index contributed by atoms with van der Waals surface area (Å²) in [6.07, 6.45) is 4.83. The van der Waals surface area contributed by atoms with Crippen LogP contribution in [0.2, 0.25) is 5.02 Å². The number of amides is 2. The standard InChI is InChI=1S/C25H24ClF2N5O2/c1-29-8-9-35-23-5-2-14(13-31-23)17-11-20(27)21(12-19(17)26)32-25(34)33-15-3-4-22(33)16-6-7-30-24(28)18(16)10-15/h2,5-7,11-13,15,22,29H,3-4,8-10H2,1H3,(H,32,34). The number of nitrogens with zero attached hydrogens (tertiary/aromatic N) is 3. The molecule has 0 radical (unpaired) electrons. The van der Waals surface area contributed by atoms with Crippen molar-refractivity contribution < 1.29 is 18.3 Å². The number of fused-ring (bicyclic) bond motifs is 4. The Morgan fingerprint density at radius 2 is 2.09 bits per heavy atom. The first-order valence-corrected chi connectivity index (χ1v) is 11.8. The highest BCUT2D eigenvalue weighted by atomic mass is 35.5. The van der Waals surface area contributed by atoms with Crippen LogP contribution in [0.5, 0.6) is 5.88 Å². The zero-order valence-electron chi connectivity index (χ0n) is 19.0. The molecule has 10 heteroatoms. The summed E-state index contributed by atoms with van der Waals surface area (Å²) in [4.78, 5) is 22.8. The minimum Gasteiger partial charge on any atom is -0.476 e. The van der Waals surface area contributed by atoms with E-state index in [1.165, 1.54) is 18.3 Å². The van der Waals surface area contributed by atoms with Gasteiger partial charge in [0.2, 0.25) is 11.8 Å². The van der Waals surface area contributed by atoms with Gasteiger partial charge < -0.3 is 20.3 Å². The van der Waals surface area contributed by atoms with Crippen molar-refractivity contribution in [3.05, 3.63) is 70.6 Å². The summed E-state index contributed by atoms with van der Waals surface area (Å²) < 4.78 is 34.7. The topological polar surface area (TPSA) is 79.4 Å². The highest BCUT2D eigenvalue weighted by molar-refractivity contribution is 6.33. The Labute approximate surface area is 206 Å². The van der Waals surface area contributed by atoms with Gasteiger partial charge in [-0.2, -0.15) is 4.39 Å². The van der Waals surface area contributed by atoms with Crippen LogP contribution in [-0.2, 0) is 6.42 Å². The molecule has 182 valence electrons. The summed E-state index contributed by atoms with van der Waals surface area (Å²) in [6, 6.07) is 7.00. The maximum atomic E-state index is 15.0. The van der Waals surface area contributed by atoms with E-state index in [1.807, 2.05) is 7.05 Å². The number of likely N-dealkylation sites (N-methyl/N-ethyl adjacent to an activating group) is 1. The van der Waals surface area contributed by atoms with Crippen molar-refractivity contribution in [2.75, 3.05) is 25.5 Å². The first-order chi connectivity index (χ1) is 17.0. The van der Waals surface area contributed by atoms with E-state index in [2.05, 4.69) is 20.6 Å². The van der Waals surface area contributed by atoms with Crippen LogP contribution in [0.15, 0.2) is 42.7 Å². The molecule has 1 fully saturated rings. The maximum absolute atomic E-state index is 15.0. The number of hydrogen-bond acceptors (Lipinski definition) is 5. The molecule has 1 aromatic carbocycles. The zero-order valence-corrected chi connectivity index (χ0v) is 19.8. The van der Waals surface area contributed by atoms with E-state index < -0.39 is 17.8 Å². The Bertz CT molecular complexity index is 1260. The number of rotatable bonds is 6. The fourth-order valence-corrected chi connectivity index (χ4v) is 5.13. The van der Waals surface area contributed by atoms with E-state index in [1.54, 1.807) is 29.3 Å². The van der Waals surface area contributed by atoms with Gasteiger partial charge in [0.05, 0.1) is 16.8 Å². The van der Waals surface area contributed by atoms with Gasteiger partial charge in [0.15, 0.2) is 0 Å². The number of urea groups is 1. The molecule has 2 atom stereocenters. The molecule has 2 N–H and O–H groups in total. The predicted molar refractivity (Wildman–Crippen MR) is 129 cm³/mol. The summed E-state index contributed by atoms with van der Waals surface area (Å²) in [5.74, 6) is -0.648. The lowest BCUT2D eigenvalue weighted by atomic mass is 9.95. The van der Waals surface area contributed by atoms with Crippen LogP contribution >= 0.6 is 11.6 Å². The van der Waals surface area contributed by atoms with Crippen LogP contribution in [0, 0.1) is 11.8 Å². The summed E-state index contributed by atoms with van der Waals surface area (Å²) in [5.41, 5.74) is 2.38. The van der Waals surface area contributed by atoms with E-state index in [0.29, 0.717) is 42.1 Å². The van der Waals surface area contributed by atoms with Crippen molar-refractivity contribution in [1.29, 1.82) is 0 Å². The molecule has 0 spiro atoms. The molecule has 5 rings (SSSR count). The summed E-state index contributed by atoms with van der Waals surface area (Å²) >= 11 is 6.45. The molecule has 2 aromatic heterocycles. The number of anilines is 1. The lowest BCUT2D eigenvalue weighted by Crippen LogP contribution is -2.44. The molecular formula is C25H24ClF2N5O2. The number of pyridine rings is 2. The van der Waals surface area contributed by atoms with Crippen LogP contribution in [-0.4, -0.2) is 47.1 Å². The monoisotopic (exact) mass is 499 g/mol. The average Bonchev–Trinajstić information content (AvgIpc) is 3.17. The van der Waals surface area contributed by atoms with Crippen LogP contribution in [0.1, 0.15) is 30.0 Å². The number of halogens is 3. The molecule has 0 aliphatic carbocycles. The molecule has 2 unspecified atom stereocenters. The number of carbonyl (C=O) groups excluding carboxylic acids is 1. The number of hydrogen-bond donors (Lipinski definition) is 2. The normalized spacial score (nSPS) is 18.3. The molecule has 0 saturated carbocycles. The van der Waals surface area contributed by atoms with Crippen molar-refractivity contribution in [2.45, 2.75) is 31.3 Å². The van der Waals surface area contributed by atoms with Crippen LogP contribution < -0.4 is 15.4 Å². The second kappa shape index (κ2) is 9.75. The average molecular weight is 500 g/mol. The largest absolute Gasteiger partial charge is 0.476 e. The second-order valence-electron chi connectivity index (χ2n) is 8.61. The summed E-state index contributed by atoms with van der Waals surface area (Å²) in [7, 11) is 1.83. The fraction of sp³-hybridized carbons (Fsp3) is 0.320. The molecule has 4 heterocycles. The molecule has 2 bridgehead atoms. The highest BCUT2D eigenvalue weighted by Gasteiger charge is 2.43. The first-order valence-electron chi connectivity index (χ1n) is 11.4. The number of carbonyl (C=O) groups is 1. The van der Waals surface area contributed by atoms with Gasteiger partial charge in [-0.15, -0.1) is 0 Å². The predicted octanol–water partition coefficient (Wildman–Crippen LogP) is 4.97. The van der Waals surface area contributed by atoms with Gasteiger partial charge in [-0.1, -0.05) is 11.6 Å². The molecule has 35 heavy (non-hydrogen) atoms. The molecule has 1 saturated heterocycles. The Kier molecular flexibility index (Phi) is 6.53. The third-order valence-electron chi connectivity index (χ3n) is 6.52. The summed E-state index contributed by atoms with van der Waals surface area (Å²) in [6.45, 7) is 1.16. The molecular weight excluding hydrogens is 476 g/mol. The fourth-order valence-electron chi connectivity index (χ4n) is 4.85. The van der Waals surface area contributed by atoms with Crippen molar-refractivity contribution >= 4 is 23.3 Å². The molecule has 2 aliphatic rings. The Morgan fingerprint density at radius 1 is 1.23 bits per heavy atom. The van der Waals surface area contributed by atoms with Crippen molar-refractivity contribution in [3.8, 4) is 17.0 Å². The van der Waals surface area contributed by atoms with Gasteiger partial charge >= 0.3 is 6.03 Å². The van der Waals surface area contributed by atoms with Crippen LogP contribution in [0.25, 0.3) is 11.1 Å². The SMILES string of the molecule is CNCCOc1ccc(-c2cc(F)c(NC(=O)N3C4CCC3c3ccnc(F)c3C4)cc2Cl)cn1. The van der Waals surface area contributed by atoms with Crippen molar-refractivity contribution in [2.24, 2.45) is 0 Å². The minimum absolute atomic E-state index is 0.0187. The molecule has 2 aliphatic heterocycles. The van der Waals surface area contributed by atoms with Crippen molar-refractivity contribution in [1.82, 2.24) is 20.2 Å². The molecule has 2 amide bonds. The van der Waals surface area contributed by atoms with E-state index in [9.17, 15) is 9.18 Å².